The molecule has 5 heteroatoms. The molecule has 0 bridgehead atoms. The van der Waals surface area contributed by atoms with Gasteiger partial charge in [-0.15, -0.1) is 0 Å². The number of aryl methyl sites for hydroxylation is 1. The van der Waals surface area contributed by atoms with E-state index in [0.717, 1.165) is 19.3 Å². The Morgan fingerprint density at radius 2 is 1.55 bits per heavy atom. The molecule has 0 spiro atoms. The standard InChI is InChI=1S/C17H20ClNO2S/c1-2-3-4-14-7-11-17(12-8-14)19-22(20,21)13-15-5-9-16(18)10-6-15/h5-12,19H,2-4,13H2,1H3. The van der Waals surface area contributed by atoms with Crippen molar-refractivity contribution in [2.75, 3.05) is 4.72 Å². The van der Waals surface area contributed by atoms with Crippen LogP contribution in [0.2, 0.25) is 5.02 Å². The maximum Gasteiger partial charge on any atom is 0.236 e. The minimum absolute atomic E-state index is 0.0677. The number of unbranched alkanes of at least 4 members (excludes halogenated alkanes) is 1. The van der Waals surface area contributed by atoms with Gasteiger partial charge in [0.1, 0.15) is 0 Å². The number of anilines is 1. The molecule has 0 aliphatic rings. The molecule has 0 amide bonds. The average molecular weight is 338 g/mol. The third-order valence-electron chi connectivity index (χ3n) is 3.32. The van der Waals surface area contributed by atoms with Crippen LogP contribution in [0.3, 0.4) is 0 Å². The van der Waals surface area contributed by atoms with Gasteiger partial charge in [0.2, 0.25) is 10.0 Å². The Bertz CT molecular complexity index is 694. The van der Waals surface area contributed by atoms with E-state index in [0.29, 0.717) is 16.3 Å². The van der Waals surface area contributed by atoms with Crippen LogP contribution < -0.4 is 4.72 Å². The van der Waals surface area contributed by atoms with Crippen LogP contribution in [0.25, 0.3) is 0 Å². The summed E-state index contributed by atoms with van der Waals surface area (Å²) in [5, 5.41) is 0.594. The van der Waals surface area contributed by atoms with Crippen molar-refractivity contribution in [3.8, 4) is 0 Å². The lowest BCUT2D eigenvalue weighted by Gasteiger charge is -2.09. The smallest absolute Gasteiger partial charge is 0.236 e. The molecule has 118 valence electrons. The van der Waals surface area contributed by atoms with E-state index in [4.69, 9.17) is 11.6 Å². The number of nitrogens with one attached hydrogen (secondary N) is 1. The molecule has 0 atom stereocenters. The van der Waals surface area contributed by atoms with Crippen molar-refractivity contribution in [3.63, 3.8) is 0 Å². The Hall–Kier alpha value is -1.52. The average Bonchev–Trinajstić information content (AvgIpc) is 2.48. The van der Waals surface area contributed by atoms with Gasteiger partial charge in [-0.05, 0) is 48.2 Å². The van der Waals surface area contributed by atoms with E-state index < -0.39 is 10.0 Å². The topological polar surface area (TPSA) is 46.2 Å². The van der Waals surface area contributed by atoms with Crippen LogP contribution in [0, 0.1) is 0 Å². The SMILES string of the molecule is CCCCc1ccc(NS(=O)(=O)Cc2ccc(Cl)cc2)cc1. The van der Waals surface area contributed by atoms with Crippen molar-refractivity contribution in [3.05, 3.63) is 64.7 Å². The van der Waals surface area contributed by atoms with Crippen LogP contribution in [-0.4, -0.2) is 8.42 Å². The molecule has 0 aliphatic heterocycles. The van der Waals surface area contributed by atoms with E-state index >= 15 is 0 Å². The molecule has 2 aromatic rings. The number of sulfonamides is 1. The number of hydrogen-bond acceptors (Lipinski definition) is 2. The van der Waals surface area contributed by atoms with Crippen molar-refractivity contribution >= 4 is 27.3 Å². The van der Waals surface area contributed by atoms with Crippen LogP contribution in [0.1, 0.15) is 30.9 Å². The molecule has 1 N–H and O–H groups in total. The van der Waals surface area contributed by atoms with Crippen molar-refractivity contribution in [2.24, 2.45) is 0 Å². The molecule has 0 fully saturated rings. The summed E-state index contributed by atoms with van der Waals surface area (Å²) in [6.07, 6.45) is 3.31. The quantitative estimate of drug-likeness (QED) is 0.801. The van der Waals surface area contributed by atoms with Crippen molar-refractivity contribution in [1.82, 2.24) is 0 Å². The van der Waals surface area contributed by atoms with Crippen molar-refractivity contribution < 1.29 is 8.42 Å². The summed E-state index contributed by atoms with van der Waals surface area (Å²) in [7, 11) is -3.42. The summed E-state index contributed by atoms with van der Waals surface area (Å²) in [5.74, 6) is -0.0677. The highest BCUT2D eigenvalue weighted by molar-refractivity contribution is 7.91. The highest BCUT2D eigenvalue weighted by atomic mass is 35.5. The summed E-state index contributed by atoms with van der Waals surface area (Å²) in [4.78, 5) is 0. The zero-order valence-corrected chi connectivity index (χ0v) is 14.1. The Kier molecular flexibility index (Phi) is 5.86. The molecule has 0 aromatic heterocycles. The first-order valence-electron chi connectivity index (χ1n) is 7.32. The van der Waals surface area contributed by atoms with Gasteiger partial charge in [0.15, 0.2) is 0 Å². The Morgan fingerprint density at radius 1 is 0.955 bits per heavy atom. The Balaban J connectivity index is 2.00. The van der Waals surface area contributed by atoms with Gasteiger partial charge in [0.25, 0.3) is 0 Å². The molecular weight excluding hydrogens is 318 g/mol. The van der Waals surface area contributed by atoms with Gasteiger partial charge in [-0.1, -0.05) is 49.2 Å². The third-order valence-corrected chi connectivity index (χ3v) is 4.83. The van der Waals surface area contributed by atoms with Gasteiger partial charge in [-0.3, -0.25) is 4.72 Å². The molecule has 0 heterocycles. The Morgan fingerprint density at radius 3 is 2.14 bits per heavy atom. The molecule has 0 saturated heterocycles. The minimum atomic E-state index is -3.42. The number of rotatable bonds is 7. The number of hydrogen-bond donors (Lipinski definition) is 1. The number of benzene rings is 2. The summed E-state index contributed by atoms with van der Waals surface area (Å²) in [5.41, 5.74) is 2.52. The fraction of sp³-hybridized carbons (Fsp3) is 0.294. The lowest BCUT2D eigenvalue weighted by Crippen LogP contribution is -2.15. The van der Waals surface area contributed by atoms with Crippen LogP contribution in [0.4, 0.5) is 5.69 Å². The lowest BCUT2D eigenvalue weighted by molar-refractivity contribution is 0.600. The minimum Gasteiger partial charge on any atom is -0.283 e. The van der Waals surface area contributed by atoms with Gasteiger partial charge < -0.3 is 0 Å². The van der Waals surface area contributed by atoms with Crippen LogP contribution >= 0.6 is 11.6 Å². The predicted octanol–water partition coefficient (Wildman–Crippen LogP) is 4.62. The first-order valence-corrected chi connectivity index (χ1v) is 9.35. The highest BCUT2D eigenvalue weighted by Gasteiger charge is 2.11. The lowest BCUT2D eigenvalue weighted by atomic mass is 10.1. The van der Waals surface area contributed by atoms with E-state index in [1.54, 1.807) is 24.3 Å². The monoisotopic (exact) mass is 337 g/mol. The molecule has 0 unspecified atom stereocenters. The molecule has 22 heavy (non-hydrogen) atoms. The number of halogens is 1. The summed E-state index contributed by atoms with van der Waals surface area (Å²) < 4.78 is 26.9. The largest absolute Gasteiger partial charge is 0.283 e. The van der Waals surface area contributed by atoms with E-state index in [1.807, 2.05) is 24.3 Å². The Labute approximate surface area is 137 Å². The molecule has 2 rings (SSSR count). The third kappa shape index (κ3) is 5.35. The molecule has 3 nitrogen and oxygen atoms in total. The first-order chi connectivity index (χ1) is 10.5. The zero-order chi connectivity index (χ0) is 16.0. The van der Waals surface area contributed by atoms with Gasteiger partial charge in [-0.25, -0.2) is 8.42 Å². The van der Waals surface area contributed by atoms with Crippen molar-refractivity contribution in [1.29, 1.82) is 0 Å². The van der Waals surface area contributed by atoms with E-state index in [1.165, 1.54) is 5.56 Å². The molecule has 0 saturated carbocycles. The fourth-order valence-electron chi connectivity index (χ4n) is 2.14. The van der Waals surface area contributed by atoms with Crippen molar-refractivity contribution in [2.45, 2.75) is 31.9 Å². The maximum atomic E-state index is 12.2. The van der Waals surface area contributed by atoms with Crippen LogP contribution in [0.5, 0.6) is 0 Å². The first kappa shape index (κ1) is 16.8. The fourth-order valence-corrected chi connectivity index (χ4v) is 3.46. The molecule has 2 aromatic carbocycles. The highest BCUT2D eigenvalue weighted by Crippen LogP contribution is 2.16. The van der Waals surface area contributed by atoms with E-state index in [2.05, 4.69) is 11.6 Å². The molecular formula is C17H20ClNO2S. The van der Waals surface area contributed by atoms with Gasteiger partial charge in [0, 0.05) is 10.7 Å². The van der Waals surface area contributed by atoms with Crippen LogP contribution in [-0.2, 0) is 22.2 Å². The van der Waals surface area contributed by atoms with E-state index in [9.17, 15) is 8.42 Å². The predicted molar refractivity (Wildman–Crippen MR) is 92.8 cm³/mol. The second kappa shape index (κ2) is 7.65. The summed E-state index contributed by atoms with van der Waals surface area (Å²) in [6, 6.07) is 14.4. The summed E-state index contributed by atoms with van der Waals surface area (Å²) >= 11 is 5.80. The summed E-state index contributed by atoms with van der Waals surface area (Å²) in [6.45, 7) is 2.15. The second-order valence-electron chi connectivity index (χ2n) is 5.29. The normalized spacial score (nSPS) is 11.4. The van der Waals surface area contributed by atoms with Gasteiger partial charge in [-0.2, -0.15) is 0 Å². The van der Waals surface area contributed by atoms with E-state index in [-0.39, 0.29) is 5.75 Å². The molecule has 0 aliphatic carbocycles. The van der Waals surface area contributed by atoms with Gasteiger partial charge >= 0.3 is 0 Å². The zero-order valence-electron chi connectivity index (χ0n) is 12.5. The van der Waals surface area contributed by atoms with Crippen LogP contribution in [0.15, 0.2) is 48.5 Å². The second-order valence-corrected chi connectivity index (χ2v) is 7.45. The van der Waals surface area contributed by atoms with Gasteiger partial charge in [0.05, 0.1) is 5.75 Å². The molecule has 0 radical (unpaired) electrons. The maximum absolute atomic E-state index is 12.2.